The standard InChI is InChI=1S/C6H8N6OS/c1-11-3-7-8-4(11)2-12-5(13)9-10-6(12)14/h3H,2H2,1H3,(H,9,13)(H,10,14). The largest absolute Gasteiger partial charge is 0.342 e. The topological polar surface area (TPSA) is 84.3 Å². The van der Waals surface area contributed by atoms with Gasteiger partial charge in [0.15, 0.2) is 10.6 Å². The van der Waals surface area contributed by atoms with Gasteiger partial charge in [0.1, 0.15) is 6.33 Å². The highest BCUT2D eigenvalue weighted by Crippen LogP contribution is 1.94. The Bertz CT molecular complexity index is 517. The third-order valence-corrected chi connectivity index (χ3v) is 2.19. The number of hydrogen-bond acceptors (Lipinski definition) is 4. The predicted molar refractivity (Wildman–Crippen MR) is 50.3 cm³/mol. The first kappa shape index (κ1) is 8.88. The molecule has 0 aliphatic heterocycles. The van der Waals surface area contributed by atoms with Crippen molar-refractivity contribution in [3.05, 3.63) is 27.4 Å². The summed E-state index contributed by atoms with van der Waals surface area (Å²) in [5.41, 5.74) is -0.280. The molecule has 2 N–H and O–H groups in total. The molecule has 0 bridgehead atoms. The lowest BCUT2D eigenvalue weighted by molar-refractivity contribution is 0.671. The number of aromatic amines is 2. The fourth-order valence-electron chi connectivity index (χ4n) is 1.07. The molecule has 0 aliphatic rings. The molecule has 2 heterocycles. The van der Waals surface area contributed by atoms with Gasteiger partial charge in [0.05, 0.1) is 6.54 Å². The van der Waals surface area contributed by atoms with Crippen molar-refractivity contribution in [1.82, 2.24) is 29.5 Å². The highest BCUT2D eigenvalue weighted by Gasteiger charge is 2.05. The molecular formula is C6H8N6OS. The molecule has 0 aliphatic carbocycles. The molecule has 7 nitrogen and oxygen atoms in total. The maximum Gasteiger partial charge on any atom is 0.342 e. The zero-order chi connectivity index (χ0) is 10.1. The van der Waals surface area contributed by atoms with E-state index in [-0.39, 0.29) is 5.69 Å². The first-order valence-electron chi connectivity index (χ1n) is 3.89. The van der Waals surface area contributed by atoms with E-state index < -0.39 is 0 Å². The van der Waals surface area contributed by atoms with E-state index in [1.807, 2.05) is 0 Å². The summed E-state index contributed by atoms with van der Waals surface area (Å²) in [6, 6.07) is 0. The quantitative estimate of drug-likeness (QED) is 0.652. The molecule has 0 unspecified atom stereocenters. The van der Waals surface area contributed by atoms with Gasteiger partial charge in [0.2, 0.25) is 0 Å². The van der Waals surface area contributed by atoms with Crippen LogP contribution in [0.15, 0.2) is 11.1 Å². The maximum atomic E-state index is 11.2. The van der Waals surface area contributed by atoms with Gasteiger partial charge in [-0.15, -0.1) is 10.2 Å². The fraction of sp³-hybridized carbons (Fsp3) is 0.333. The Balaban J connectivity index is 2.41. The fourth-order valence-corrected chi connectivity index (χ4v) is 1.27. The van der Waals surface area contributed by atoms with Crippen molar-refractivity contribution in [2.24, 2.45) is 7.05 Å². The summed E-state index contributed by atoms with van der Waals surface area (Å²) in [6.07, 6.45) is 1.57. The van der Waals surface area contributed by atoms with Crippen LogP contribution in [0.1, 0.15) is 5.82 Å². The van der Waals surface area contributed by atoms with E-state index in [2.05, 4.69) is 20.4 Å². The smallest absolute Gasteiger partial charge is 0.319 e. The molecule has 0 atom stereocenters. The Morgan fingerprint density at radius 3 is 2.86 bits per heavy atom. The number of H-pyrrole nitrogens is 2. The van der Waals surface area contributed by atoms with E-state index in [4.69, 9.17) is 12.2 Å². The number of hydrogen-bond donors (Lipinski definition) is 2. The van der Waals surface area contributed by atoms with Crippen molar-refractivity contribution in [3.8, 4) is 0 Å². The molecule has 0 saturated carbocycles. The Hall–Kier alpha value is -1.70. The van der Waals surface area contributed by atoms with Crippen LogP contribution >= 0.6 is 12.2 Å². The lowest BCUT2D eigenvalue weighted by Crippen LogP contribution is -2.19. The van der Waals surface area contributed by atoms with Crippen molar-refractivity contribution >= 4 is 12.2 Å². The molecule has 2 rings (SSSR count). The Morgan fingerprint density at radius 2 is 2.36 bits per heavy atom. The average molecular weight is 212 g/mol. The second kappa shape index (κ2) is 3.22. The zero-order valence-corrected chi connectivity index (χ0v) is 8.21. The molecule has 0 saturated heterocycles. The van der Waals surface area contributed by atoms with Crippen molar-refractivity contribution in [2.45, 2.75) is 6.54 Å². The molecule has 0 radical (unpaired) electrons. The van der Waals surface area contributed by atoms with E-state index in [1.165, 1.54) is 4.57 Å². The number of aromatic nitrogens is 6. The molecule has 2 aromatic rings. The van der Waals surface area contributed by atoms with Crippen molar-refractivity contribution in [3.63, 3.8) is 0 Å². The van der Waals surface area contributed by atoms with Crippen LogP contribution in [0.5, 0.6) is 0 Å². The normalized spacial score (nSPS) is 10.6. The third-order valence-electron chi connectivity index (χ3n) is 1.87. The predicted octanol–water partition coefficient (Wildman–Crippen LogP) is -0.589. The van der Waals surface area contributed by atoms with E-state index in [0.717, 1.165) is 0 Å². The SMILES string of the molecule is Cn1cnnc1Cn1c(=O)[nH][nH]c1=S. The number of nitrogens with one attached hydrogen (secondary N) is 2. The minimum atomic E-state index is -0.280. The molecule has 14 heavy (non-hydrogen) atoms. The molecule has 2 aromatic heterocycles. The number of nitrogens with zero attached hydrogens (tertiary/aromatic N) is 4. The van der Waals surface area contributed by atoms with Crippen LogP contribution in [0, 0.1) is 4.77 Å². The molecule has 0 aromatic carbocycles. The van der Waals surface area contributed by atoms with Crippen molar-refractivity contribution in [1.29, 1.82) is 0 Å². The van der Waals surface area contributed by atoms with Crippen LogP contribution in [-0.2, 0) is 13.6 Å². The van der Waals surface area contributed by atoms with Gasteiger partial charge >= 0.3 is 5.69 Å². The highest BCUT2D eigenvalue weighted by atomic mass is 32.1. The van der Waals surface area contributed by atoms with Gasteiger partial charge < -0.3 is 4.57 Å². The van der Waals surface area contributed by atoms with Crippen molar-refractivity contribution in [2.75, 3.05) is 0 Å². The maximum absolute atomic E-state index is 11.2. The van der Waals surface area contributed by atoms with E-state index in [9.17, 15) is 4.79 Å². The van der Waals surface area contributed by atoms with Gasteiger partial charge in [0.25, 0.3) is 0 Å². The zero-order valence-electron chi connectivity index (χ0n) is 7.39. The molecule has 74 valence electrons. The minimum absolute atomic E-state index is 0.280. The summed E-state index contributed by atoms with van der Waals surface area (Å²) < 4.78 is 3.45. The van der Waals surface area contributed by atoms with E-state index in [1.54, 1.807) is 17.9 Å². The van der Waals surface area contributed by atoms with Gasteiger partial charge in [-0.25, -0.2) is 9.89 Å². The second-order valence-corrected chi connectivity index (χ2v) is 3.19. The molecule has 0 fully saturated rings. The average Bonchev–Trinajstić information content (AvgIpc) is 2.67. The van der Waals surface area contributed by atoms with Gasteiger partial charge in [-0.05, 0) is 12.2 Å². The third kappa shape index (κ3) is 1.39. The Labute approximate surface area is 83.4 Å². The van der Waals surface area contributed by atoms with Crippen LogP contribution in [0.4, 0.5) is 0 Å². The summed E-state index contributed by atoms with van der Waals surface area (Å²) in [7, 11) is 1.81. The summed E-state index contributed by atoms with van der Waals surface area (Å²) in [5.74, 6) is 0.672. The lowest BCUT2D eigenvalue weighted by Gasteiger charge is -1.98. The summed E-state index contributed by atoms with van der Waals surface area (Å²) >= 11 is 4.91. The van der Waals surface area contributed by atoms with E-state index in [0.29, 0.717) is 17.1 Å². The molecule has 0 amide bonds. The lowest BCUT2D eigenvalue weighted by atomic mass is 10.6. The van der Waals surface area contributed by atoms with Gasteiger partial charge in [0, 0.05) is 7.05 Å². The van der Waals surface area contributed by atoms with Crippen LogP contribution in [-0.4, -0.2) is 29.5 Å². The second-order valence-electron chi connectivity index (χ2n) is 2.80. The van der Waals surface area contributed by atoms with Crippen LogP contribution in [0.25, 0.3) is 0 Å². The first-order valence-corrected chi connectivity index (χ1v) is 4.29. The summed E-state index contributed by atoms with van der Waals surface area (Å²) in [6.45, 7) is 0.314. The summed E-state index contributed by atoms with van der Waals surface area (Å²) in [5, 5.41) is 12.5. The first-order chi connectivity index (χ1) is 6.68. The molecular weight excluding hydrogens is 204 g/mol. The van der Waals surface area contributed by atoms with Gasteiger partial charge in [-0.2, -0.15) is 0 Å². The van der Waals surface area contributed by atoms with E-state index >= 15 is 0 Å². The summed E-state index contributed by atoms with van der Waals surface area (Å²) in [4.78, 5) is 11.2. The highest BCUT2D eigenvalue weighted by molar-refractivity contribution is 7.71. The molecule has 8 heteroatoms. The number of rotatable bonds is 2. The minimum Gasteiger partial charge on any atom is -0.319 e. The van der Waals surface area contributed by atoms with Crippen LogP contribution < -0.4 is 5.69 Å². The van der Waals surface area contributed by atoms with Gasteiger partial charge in [-0.1, -0.05) is 0 Å². The molecule has 0 spiro atoms. The van der Waals surface area contributed by atoms with Gasteiger partial charge in [-0.3, -0.25) is 9.67 Å². The van der Waals surface area contributed by atoms with Crippen LogP contribution in [0.2, 0.25) is 0 Å². The Kier molecular flexibility index (Phi) is 2.04. The van der Waals surface area contributed by atoms with Crippen molar-refractivity contribution < 1.29 is 0 Å². The monoisotopic (exact) mass is 212 g/mol. The Morgan fingerprint density at radius 1 is 1.57 bits per heavy atom. The van der Waals surface area contributed by atoms with Crippen LogP contribution in [0.3, 0.4) is 0 Å². The number of aryl methyl sites for hydroxylation is 1.